The minimum atomic E-state index is -4.44. The molecule has 0 unspecified atom stereocenters. The van der Waals surface area contributed by atoms with Gasteiger partial charge in [0.05, 0.1) is 25.1 Å². The molecule has 3 heterocycles. The molecule has 1 fully saturated rings. The zero-order valence-electron chi connectivity index (χ0n) is 21.3. The maximum atomic E-state index is 13.4. The average molecular weight is 524 g/mol. The van der Waals surface area contributed by atoms with Gasteiger partial charge in [-0.1, -0.05) is 43.3 Å². The summed E-state index contributed by atoms with van der Waals surface area (Å²) in [7, 11) is 1.91. The van der Waals surface area contributed by atoms with Gasteiger partial charge in [-0.05, 0) is 29.2 Å². The van der Waals surface area contributed by atoms with Crippen LogP contribution in [0.5, 0.6) is 0 Å². The number of benzene rings is 2. The van der Waals surface area contributed by atoms with Crippen LogP contribution in [-0.4, -0.2) is 51.6 Å². The Balaban J connectivity index is 1.33. The molecule has 0 spiro atoms. The SMILES string of the molecule is CCc1ccc(CC(=O)Cc2ccc(-c3nc(N4CCOCC4)c4c(ncn4C)n3)cc2)cc1C(F)(F)F. The van der Waals surface area contributed by atoms with Gasteiger partial charge in [0, 0.05) is 38.5 Å². The summed E-state index contributed by atoms with van der Waals surface area (Å²) in [5.74, 6) is 1.18. The predicted molar refractivity (Wildman–Crippen MR) is 138 cm³/mol. The Hall–Kier alpha value is -3.79. The number of hydrogen-bond donors (Lipinski definition) is 0. The van der Waals surface area contributed by atoms with Crippen LogP contribution in [0, 0.1) is 0 Å². The van der Waals surface area contributed by atoms with Gasteiger partial charge in [0.2, 0.25) is 0 Å². The lowest BCUT2D eigenvalue weighted by Crippen LogP contribution is -2.37. The second-order valence-corrected chi connectivity index (χ2v) is 9.43. The molecule has 2 aromatic heterocycles. The summed E-state index contributed by atoms with van der Waals surface area (Å²) in [6.07, 6.45) is -2.38. The third-order valence-electron chi connectivity index (χ3n) is 6.74. The number of imidazole rings is 1. The van der Waals surface area contributed by atoms with E-state index >= 15 is 0 Å². The highest BCUT2D eigenvalue weighted by Gasteiger charge is 2.33. The van der Waals surface area contributed by atoms with Crippen LogP contribution in [-0.2, 0) is 42.0 Å². The van der Waals surface area contributed by atoms with Crippen LogP contribution in [0.1, 0.15) is 29.2 Å². The molecule has 2 aromatic carbocycles. The van der Waals surface area contributed by atoms with Crippen LogP contribution < -0.4 is 4.90 Å². The summed E-state index contributed by atoms with van der Waals surface area (Å²) in [5, 5.41) is 0. The van der Waals surface area contributed by atoms with Crippen LogP contribution in [0.3, 0.4) is 0 Å². The molecule has 1 saturated heterocycles. The first-order valence-corrected chi connectivity index (χ1v) is 12.5. The Morgan fingerprint density at radius 1 is 1.00 bits per heavy atom. The van der Waals surface area contributed by atoms with Gasteiger partial charge in [-0.15, -0.1) is 0 Å². The third-order valence-corrected chi connectivity index (χ3v) is 6.74. The number of ketones is 1. The topological polar surface area (TPSA) is 73.1 Å². The van der Waals surface area contributed by atoms with Crippen molar-refractivity contribution in [3.05, 3.63) is 71.0 Å². The number of nitrogens with zero attached hydrogens (tertiary/aromatic N) is 5. The molecule has 38 heavy (non-hydrogen) atoms. The molecule has 198 valence electrons. The summed E-state index contributed by atoms with van der Waals surface area (Å²) in [5.41, 5.74) is 2.94. The molecule has 5 rings (SSSR count). The maximum Gasteiger partial charge on any atom is 0.416 e. The Bertz CT molecular complexity index is 1460. The van der Waals surface area contributed by atoms with Crippen molar-refractivity contribution in [2.75, 3.05) is 31.2 Å². The second-order valence-electron chi connectivity index (χ2n) is 9.43. The highest BCUT2D eigenvalue weighted by Crippen LogP contribution is 2.33. The van der Waals surface area contributed by atoms with Gasteiger partial charge in [0.25, 0.3) is 0 Å². The lowest BCUT2D eigenvalue weighted by molar-refractivity contribution is -0.138. The Morgan fingerprint density at radius 2 is 1.68 bits per heavy atom. The Labute approximate surface area is 218 Å². The summed E-state index contributed by atoms with van der Waals surface area (Å²) < 4.78 is 47.6. The molecule has 0 amide bonds. The minimum absolute atomic E-state index is 0.0583. The third kappa shape index (κ3) is 5.40. The number of rotatable bonds is 7. The number of carbonyl (C=O) groups excluding carboxylic acids is 1. The van der Waals surface area contributed by atoms with Gasteiger partial charge < -0.3 is 14.2 Å². The van der Waals surface area contributed by atoms with Crippen molar-refractivity contribution in [1.82, 2.24) is 19.5 Å². The first-order valence-electron chi connectivity index (χ1n) is 12.5. The van der Waals surface area contributed by atoms with Crippen molar-refractivity contribution >= 4 is 22.8 Å². The zero-order valence-corrected chi connectivity index (χ0v) is 21.3. The smallest absolute Gasteiger partial charge is 0.378 e. The van der Waals surface area contributed by atoms with Gasteiger partial charge in [0.15, 0.2) is 17.3 Å². The molecule has 7 nitrogen and oxygen atoms in total. The number of ether oxygens (including phenoxy) is 1. The molecule has 0 bridgehead atoms. The summed E-state index contributed by atoms with van der Waals surface area (Å²) in [6, 6.07) is 11.5. The lowest BCUT2D eigenvalue weighted by Gasteiger charge is -2.28. The number of aryl methyl sites for hydroxylation is 2. The molecule has 1 aliphatic heterocycles. The predicted octanol–water partition coefficient (Wildman–Crippen LogP) is 4.80. The van der Waals surface area contributed by atoms with Gasteiger partial charge in [-0.25, -0.2) is 15.0 Å². The summed E-state index contributed by atoms with van der Waals surface area (Å²) in [4.78, 5) is 28.8. The molecule has 0 atom stereocenters. The van der Waals surface area contributed by atoms with Crippen molar-refractivity contribution in [1.29, 1.82) is 0 Å². The molecule has 0 saturated carbocycles. The highest BCUT2D eigenvalue weighted by atomic mass is 19.4. The van der Waals surface area contributed by atoms with E-state index < -0.39 is 11.7 Å². The molecule has 4 aromatic rings. The summed E-state index contributed by atoms with van der Waals surface area (Å²) >= 11 is 0. The summed E-state index contributed by atoms with van der Waals surface area (Å²) in [6.45, 7) is 4.39. The Kier molecular flexibility index (Phi) is 7.16. The van der Waals surface area contributed by atoms with Crippen molar-refractivity contribution in [3.63, 3.8) is 0 Å². The van der Waals surface area contributed by atoms with E-state index in [1.807, 2.05) is 35.9 Å². The molecular weight excluding hydrogens is 495 g/mol. The van der Waals surface area contributed by atoms with Crippen molar-refractivity contribution < 1.29 is 22.7 Å². The van der Waals surface area contributed by atoms with Crippen LogP contribution in [0.15, 0.2) is 48.8 Å². The average Bonchev–Trinajstić information content (AvgIpc) is 3.29. The normalized spacial score (nSPS) is 14.3. The molecule has 0 radical (unpaired) electrons. The first kappa shape index (κ1) is 25.8. The Morgan fingerprint density at radius 3 is 2.37 bits per heavy atom. The molecule has 1 aliphatic rings. The van der Waals surface area contributed by atoms with Gasteiger partial charge in [-0.2, -0.15) is 13.2 Å². The van der Waals surface area contributed by atoms with Crippen LogP contribution >= 0.6 is 0 Å². The van der Waals surface area contributed by atoms with E-state index in [1.165, 1.54) is 6.07 Å². The maximum absolute atomic E-state index is 13.4. The van der Waals surface area contributed by atoms with E-state index in [4.69, 9.17) is 9.72 Å². The van der Waals surface area contributed by atoms with Gasteiger partial charge >= 0.3 is 6.18 Å². The van der Waals surface area contributed by atoms with E-state index in [1.54, 1.807) is 19.3 Å². The first-order chi connectivity index (χ1) is 18.2. The molecular formula is C28H28F3N5O2. The number of fused-ring (bicyclic) bond motifs is 1. The minimum Gasteiger partial charge on any atom is -0.378 e. The quantitative estimate of drug-likeness (QED) is 0.347. The van der Waals surface area contributed by atoms with Crippen molar-refractivity contribution in [2.24, 2.45) is 7.05 Å². The number of morpholine rings is 1. The number of Topliss-reactive ketones (excluding diaryl/α,β-unsaturated/α-hetero) is 1. The van der Waals surface area contributed by atoms with E-state index in [9.17, 15) is 18.0 Å². The molecule has 0 aliphatic carbocycles. The number of halogens is 3. The van der Waals surface area contributed by atoms with Crippen LogP contribution in [0.4, 0.5) is 19.0 Å². The molecule has 10 heteroatoms. The van der Waals surface area contributed by atoms with Crippen molar-refractivity contribution in [3.8, 4) is 11.4 Å². The van der Waals surface area contributed by atoms with Crippen LogP contribution in [0.25, 0.3) is 22.6 Å². The number of alkyl halides is 3. The number of aromatic nitrogens is 4. The van der Waals surface area contributed by atoms with E-state index in [-0.39, 0.29) is 30.6 Å². The standard InChI is InChI=1S/C28H28F3N5O2/c1-3-20-7-6-19(16-23(20)28(29,30)31)15-22(37)14-18-4-8-21(9-5-18)25-33-26-24(35(2)17-32-26)27(34-25)36-10-12-38-13-11-36/h4-9,16-17H,3,10-15H2,1-2H3. The number of anilines is 1. The van der Waals surface area contributed by atoms with E-state index in [0.717, 1.165) is 41.6 Å². The van der Waals surface area contributed by atoms with E-state index in [2.05, 4.69) is 14.9 Å². The van der Waals surface area contributed by atoms with Crippen molar-refractivity contribution in [2.45, 2.75) is 32.4 Å². The highest BCUT2D eigenvalue weighted by molar-refractivity contribution is 5.86. The van der Waals surface area contributed by atoms with E-state index in [0.29, 0.717) is 30.2 Å². The van der Waals surface area contributed by atoms with Crippen LogP contribution in [0.2, 0.25) is 0 Å². The van der Waals surface area contributed by atoms with Gasteiger partial charge in [0.1, 0.15) is 11.3 Å². The number of carbonyl (C=O) groups is 1. The van der Waals surface area contributed by atoms with Gasteiger partial charge in [-0.3, -0.25) is 4.79 Å². The largest absolute Gasteiger partial charge is 0.416 e. The fourth-order valence-corrected chi connectivity index (χ4v) is 4.76. The molecule has 0 N–H and O–H groups in total. The monoisotopic (exact) mass is 523 g/mol. The zero-order chi connectivity index (χ0) is 26.9. The second kappa shape index (κ2) is 10.5. The number of hydrogen-bond acceptors (Lipinski definition) is 6. The fourth-order valence-electron chi connectivity index (χ4n) is 4.76. The fraction of sp³-hybridized carbons (Fsp3) is 0.357. The lowest BCUT2D eigenvalue weighted by atomic mass is 9.97.